The third-order valence-electron chi connectivity index (χ3n) is 1.94. The maximum atomic E-state index is 8.72. The van der Waals surface area contributed by atoms with E-state index in [1.807, 2.05) is 0 Å². The fourth-order valence-corrected chi connectivity index (χ4v) is 1.02. The summed E-state index contributed by atoms with van der Waals surface area (Å²) in [4.78, 5) is 5.10. The van der Waals surface area contributed by atoms with Gasteiger partial charge in [0.05, 0.1) is 13.2 Å². The molecule has 0 aromatic carbocycles. The predicted molar refractivity (Wildman–Crippen MR) is 51.2 cm³/mol. The highest BCUT2D eigenvalue weighted by Gasteiger charge is 2.09. The zero-order chi connectivity index (χ0) is 10.1. The fraction of sp³-hybridized carbons (Fsp3) is 1.00. The minimum atomic E-state index is -0.508. The molecule has 0 aromatic rings. The number of hydroxylamine groups is 1. The number of rotatable bonds is 8. The predicted octanol–water partition coefficient (Wildman–Crippen LogP) is 0.439. The van der Waals surface area contributed by atoms with Crippen LogP contribution in [0, 0.1) is 0 Å². The third-order valence-corrected chi connectivity index (χ3v) is 1.94. The lowest BCUT2D eigenvalue weighted by atomic mass is 10.1. The largest absolute Gasteiger partial charge is 0.393 e. The van der Waals surface area contributed by atoms with E-state index in [2.05, 4.69) is 19.3 Å². The van der Waals surface area contributed by atoms with Gasteiger partial charge in [0.1, 0.15) is 6.10 Å². The minimum absolute atomic E-state index is 0.161. The average Bonchev–Trinajstić information content (AvgIpc) is 2.17. The molecule has 13 heavy (non-hydrogen) atoms. The SMILES string of the molecule is CCCC(CC)NOC(CO)CO. The van der Waals surface area contributed by atoms with Crippen LogP contribution in [0.3, 0.4) is 0 Å². The van der Waals surface area contributed by atoms with E-state index in [0.717, 1.165) is 19.3 Å². The number of hydrogen-bond donors (Lipinski definition) is 3. The first-order valence-electron chi connectivity index (χ1n) is 4.91. The van der Waals surface area contributed by atoms with Crippen LogP contribution in [0.1, 0.15) is 33.1 Å². The van der Waals surface area contributed by atoms with Gasteiger partial charge >= 0.3 is 0 Å². The highest BCUT2D eigenvalue weighted by molar-refractivity contribution is 4.59. The number of aliphatic hydroxyl groups excluding tert-OH is 2. The molecule has 0 aromatic heterocycles. The Morgan fingerprint density at radius 3 is 2.23 bits per heavy atom. The highest BCUT2D eigenvalue weighted by atomic mass is 16.7. The van der Waals surface area contributed by atoms with Gasteiger partial charge in [0, 0.05) is 6.04 Å². The molecule has 80 valence electrons. The molecule has 0 amide bonds. The second-order valence-electron chi connectivity index (χ2n) is 3.12. The summed E-state index contributed by atoms with van der Waals surface area (Å²) < 4.78 is 0. The number of aliphatic hydroxyl groups is 2. The van der Waals surface area contributed by atoms with E-state index in [-0.39, 0.29) is 13.2 Å². The summed E-state index contributed by atoms with van der Waals surface area (Å²) in [7, 11) is 0. The lowest BCUT2D eigenvalue weighted by molar-refractivity contribution is -0.0879. The Labute approximate surface area is 79.9 Å². The molecular weight excluding hydrogens is 170 g/mol. The molecule has 1 atom stereocenters. The van der Waals surface area contributed by atoms with E-state index >= 15 is 0 Å². The number of hydrogen-bond acceptors (Lipinski definition) is 4. The van der Waals surface area contributed by atoms with Crippen LogP contribution in [0.4, 0.5) is 0 Å². The Balaban J connectivity index is 3.56. The molecule has 0 saturated carbocycles. The summed E-state index contributed by atoms with van der Waals surface area (Å²) in [6, 6.07) is 0.311. The van der Waals surface area contributed by atoms with Crippen molar-refractivity contribution in [1.29, 1.82) is 0 Å². The van der Waals surface area contributed by atoms with Crippen molar-refractivity contribution < 1.29 is 15.1 Å². The summed E-state index contributed by atoms with van der Waals surface area (Å²) in [6.07, 6.45) is 2.61. The molecule has 0 rings (SSSR count). The van der Waals surface area contributed by atoms with Crippen LogP contribution >= 0.6 is 0 Å². The van der Waals surface area contributed by atoms with Crippen molar-refractivity contribution in [3.05, 3.63) is 0 Å². The Kier molecular flexibility index (Phi) is 8.33. The monoisotopic (exact) mass is 191 g/mol. The van der Waals surface area contributed by atoms with Gasteiger partial charge in [0.25, 0.3) is 0 Å². The molecule has 0 saturated heterocycles. The van der Waals surface area contributed by atoms with Gasteiger partial charge < -0.3 is 10.2 Å². The molecular formula is C9H21NO3. The summed E-state index contributed by atoms with van der Waals surface area (Å²) >= 11 is 0. The van der Waals surface area contributed by atoms with Crippen molar-refractivity contribution in [2.24, 2.45) is 0 Å². The Morgan fingerprint density at radius 1 is 1.23 bits per heavy atom. The lowest BCUT2D eigenvalue weighted by Gasteiger charge is -2.19. The fourth-order valence-electron chi connectivity index (χ4n) is 1.02. The van der Waals surface area contributed by atoms with Gasteiger partial charge in [-0.05, 0) is 12.8 Å². The van der Waals surface area contributed by atoms with Crippen molar-refractivity contribution in [2.45, 2.75) is 45.3 Å². The minimum Gasteiger partial charge on any atom is -0.393 e. The maximum absolute atomic E-state index is 8.72. The van der Waals surface area contributed by atoms with Gasteiger partial charge in [0.2, 0.25) is 0 Å². The van der Waals surface area contributed by atoms with Crippen LogP contribution in [-0.4, -0.2) is 35.6 Å². The standard InChI is InChI=1S/C9H21NO3/c1-3-5-8(4-2)10-13-9(6-11)7-12/h8-12H,3-7H2,1-2H3. The lowest BCUT2D eigenvalue weighted by Crippen LogP contribution is -2.36. The Bertz CT molecular complexity index is 107. The molecule has 0 heterocycles. The molecule has 0 radical (unpaired) electrons. The highest BCUT2D eigenvalue weighted by Crippen LogP contribution is 2.01. The van der Waals surface area contributed by atoms with Crippen LogP contribution < -0.4 is 5.48 Å². The van der Waals surface area contributed by atoms with Gasteiger partial charge in [-0.15, -0.1) is 0 Å². The van der Waals surface area contributed by atoms with Crippen molar-refractivity contribution in [3.63, 3.8) is 0 Å². The van der Waals surface area contributed by atoms with Gasteiger partial charge in [-0.1, -0.05) is 20.3 Å². The normalized spacial score (nSPS) is 13.6. The van der Waals surface area contributed by atoms with E-state index in [0.29, 0.717) is 6.04 Å². The Morgan fingerprint density at radius 2 is 1.85 bits per heavy atom. The first-order chi connectivity index (χ1) is 6.28. The first-order valence-corrected chi connectivity index (χ1v) is 4.91. The van der Waals surface area contributed by atoms with E-state index in [4.69, 9.17) is 15.1 Å². The number of nitrogens with one attached hydrogen (secondary N) is 1. The molecule has 0 fully saturated rings. The molecule has 0 aliphatic carbocycles. The molecule has 0 bridgehead atoms. The molecule has 1 unspecified atom stereocenters. The molecule has 0 spiro atoms. The van der Waals surface area contributed by atoms with Crippen LogP contribution in [0.15, 0.2) is 0 Å². The zero-order valence-electron chi connectivity index (χ0n) is 8.49. The van der Waals surface area contributed by atoms with E-state index in [1.165, 1.54) is 0 Å². The van der Waals surface area contributed by atoms with Crippen LogP contribution in [0.2, 0.25) is 0 Å². The van der Waals surface area contributed by atoms with E-state index < -0.39 is 6.10 Å². The van der Waals surface area contributed by atoms with Gasteiger partial charge in [0.15, 0.2) is 0 Å². The van der Waals surface area contributed by atoms with Crippen molar-refractivity contribution in [2.75, 3.05) is 13.2 Å². The topological polar surface area (TPSA) is 61.7 Å². The molecule has 4 heteroatoms. The van der Waals surface area contributed by atoms with Crippen molar-refractivity contribution >= 4 is 0 Å². The summed E-state index contributed by atoms with van der Waals surface area (Å²) in [5.74, 6) is 0. The van der Waals surface area contributed by atoms with E-state index in [9.17, 15) is 0 Å². The van der Waals surface area contributed by atoms with Crippen molar-refractivity contribution in [1.82, 2.24) is 5.48 Å². The molecule has 3 N–H and O–H groups in total. The average molecular weight is 191 g/mol. The summed E-state index contributed by atoms with van der Waals surface area (Å²) in [6.45, 7) is 3.86. The Hall–Kier alpha value is -0.160. The second-order valence-corrected chi connectivity index (χ2v) is 3.12. The van der Waals surface area contributed by atoms with Gasteiger partial charge in [-0.3, -0.25) is 4.84 Å². The maximum Gasteiger partial charge on any atom is 0.125 e. The van der Waals surface area contributed by atoms with E-state index in [1.54, 1.807) is 0 Å². The zero-order valence-corrected chi connectivity index (χ0v) is 8.49. The van der Waals surface area contributed by atoms with Crippen LogP contribution in [0.5, 0.6) is 0 Å². The molecule has 4 nitrogen and oxygen atoms in total. The molecule has 0 aliphatic heterocycles. The third kappa shape index (κ3) is 5.99. The first kappa shape index (κ1) is 12.8. The van der Waals surface area contributed by atoms with Crippen LogP contribution in [-0.2, 0) is 4.84 Å². The van der Waals surface area contributed by atoms with Crippen LogP contribution in [0.25, 0.3) is 0 Å². The smallest absolute Gasteiger partial charge is 0.125 e. The quantitative estimate of drug-likeness (QED) is 0.487. The van der Waals surface area contributed by atoms with Gasteiger partial charge in [-0.2, -0.15) is 5.48 Å². The molecule has 0 aliphatic rings. The van der Waals surface area contributed by atoms with Gasteiger partial charge in [-0.25, -0.2) is 0 Å². The summed E-state index contributed by atoms with van der Waals surface area (Å²) in [5, 5.41) is 17.4. The second kappa shape index (κ2) is 8.44. The van der Waals surface area contributed by atoms with Crippen molar-refractivity contribution in [3.8, 4) is 0 Å². The summed E-state index contributed by atoms with van der Waals surface area (Å²) in [5.41, 5.74) is 2.85.